The first-order valence-electron chi connectivity index (χ1n) is 27.3. The maximum absolute atomic E-state index is 12.6. The van der Waals surface area contributed by atoms with Crippen LogP contribution in [0.3, 0.4) is 0 Å². The number of rotatable bonds is 19. The Hall–Kier alpha value is -1.32. The fraction of sp³-hybridized carbons (Fsp3) is 0.962. The van der Waals surface area contributed by atoms with Gasteiger partial charge in [-0.05, 0) is 215 Å². The van der Waals surface area contributed by atoms with E-state index in [0.29, 0.717) is 95.7 Å². The summed E-state index contributed by atoms with van der Waals surface area (Å²) in [7, 11) is -8.21. The van der Waals surface area contributed by atoms with Gasteiger partial charge in [-0.25, -0.2) is 0 Å². The minimum atomic E-state index is -4.11. The molecule has 12 nitrogen and oxygen atoms in total. The third-order valence-corrected chi connectivity index (χ3v) is 23.2. The highest BCUT2D eigenvalue weighted by molar-refractivity contribution is 7.86. The molecule has 7 saturated carbocycles. The van der Waals surface area contributed by atoms with Gasteiger partial charge >= 0.3 is 0 Å². The lowest BCUT2D eigenvalue weighted by Crippen LogP contribution is -2.59. The zero-order valence-corrected chi connectivity index (χ0v) is 43.8. The van der Waals surface area contributed by atoms with E-state index in [4.69, 9.17) is 9.11 Å². The summed E-state index contributed by atoms with van der Waals surface area (Å²) >= 11 is 0. The van der Waals surface area contributed by atoms with E-state index in [1.165, 1.54) is 70.6 Å². The summed E-state index contributed by atoms with van der Waals surface area (Å²) in [6.45, 7) is 14.4. The molecule has 0 aromatic carbocycles. The van der Waals surface area contributed by atoms with Gasteiger partial charge in [-0.2, -0.15) is 16.8 Å². The molecule has 7 fully saturated rings. The van der Waals surface area contributed by atoms with Crippen molar-refractivity contribution in [3.63, 3.8) is 0 Å². The molecule has 0 bridgehead atoms. The zero-order valence-electron chi connectivity index (χ0n) is 42.2. The maximum Gasteiger partial charge on any atom is 0.266 e. The first kappa shape index (κ1) is 53.5. The predicted molar refractivity (Wildman–Crippen MR) is 263 cm³/mol. The van der Waals surface area contributed by atoms with Gasteiger partial charge in [-0.1, -0.05) is 54.4 Å². The summed E-state index contributed by atoms with van der Waals surface area (Å²) in [6.07, 6.45) is 22.6. The molecule has 0 aromatic rings. The zero-order chi connectivity index (χ0) is 48.7. The topological polar surface area (TPSA) is 207 Å². The molecule has 14 heteroatoms. The number of amides is 2. The molecule has 0 heterocycles. The molecule has 386 valence electrons. The largest absolute Gasteiger partial charge is 0.393 e. The Morgan fingerprint density at radius 2 is 1.13 bits per heavy atom. The standard InChI is InChI=1S/C53H92N2O10S2/c1-7-8-9-42-49(38-13-12-35(28-38)33(2)10-16-47(58)54-24-26-66(60,61)62)45(56)31-39-29-36(18-21-51(39,42)4)37-19-22-52(5)40(30-37)32-46(57)50-43-15-14-41(53(43,6)23-20-44(50)52)34(3)11-17-48(59)55-25-27-67(63,64)65/h33-46,49-50,56-57H,7-32H2,1-6H3,(H,54,58)(H,55,59)(H,60,61,62)(H,63,64,65)/t33-,34-,35+,36?,37?,38-,39?,40?,41-,42+,43+,44+,45+,46+,49+,50+,51+,52+,53-/m1/s1. The molecule has 4 unspecified atom stereocenters. The van der Waals surface area contributed by atoms with Crippen LogP contribution in [0.4, 0.5) is 0 Å². The third-order valence-electron chi connectivity index (χ3n) is 21.8. The number of hydrogen-bond acceptors (Lipinski definition) is 8. The molecule has 0 radical (unpaired) electrons. The molecular formula is C53H92N2O10S2. The molecule has 19 atom stereocenters. The van der Waals surface area contributed by atoms with E-state index >= 15 is 0 Å². The highest BCUT2D eigenvalue weighted by atomic mass is 32.2. The molecule has 67 heavy (non-hydrogen) atoms. The number of carbonyl (C=O) groups is 2. The summed E-state index contributed by atoms with van der Waals surface area (Å²) in [5.74, 6) is 5.66. The van der Waals surface area contributed by atoms with Crippen molar-refractivity contribution < 1.29 is 45.7 Å². The number of nitrogens with one attached hydrogen (secondary N) is 2. The van der Waals surface area contributed by atoms with E-state index in [0.717, 1.165) is 57.8 Å². The number of carbonyl (C=O) groups excluding carboxylic acids is 2. The van der Waals surface area contributed by atoms with Crippen LogP contribution in [0.2, 0.25) is 0 Å². The molecular weight excluding hydrogens is 889 g/mol. The van der Waals surface area contributed by atoms with Crippen LogP contribution < -0.4 is 10.6 Å². The van der Waals surface area contributed by atoms with Gasteiger partial charge in [0.25, 0.3) is 20.2 Å². The Kier molecular flexibility index (Phi) is 17.1. The van der Waals surface area contributed by atoms with Gasteiger partial charge in [0.15, 0.2) is 0 Å². The molecule has 7 aliphatic rings. The SMILES string of the molecule is CCCC[C@H]1[C@H]([C@@H]2CC[C@H]([C@H](C)CCC(=O)NCCS(=O)(=O)O)C2)[C@@H](O)CC2CC(C3CC[C@@]4(C)C(C3)C[C@H](O)[C@H]3[C@@H]5CC[C@H]([C@H](C)CCC(=O)NCCS(=O)(=O)O)[C@@]5(C)CC[C@@H]34)CC[C@@]21C. The van der Waals surface area contributed by atoms with Gasteiger partial charge in [0.05, 0.1) is 23.7 Å². The second-order valence-corrected chi connectivity index (χ2v) is 28.2. The number of aliphatic hydroxyl groups is 2. The van der Waals surface area contributed by atoms with Crippen LogP contribution in [0.25, 0.3) is 0 Å². The lowest BCUT2D eigenvalue weighted by atomic mass is 9.42. The average molecular weight is 981 g/mol. The Bertz CT molecular complexity index is 1930. The van der Waals surface area contributed by atoms with Crippen LogP contribution in [0.1, 0.15) is 183 Å². The van der Waals surface area contributed by atoms with Gasteiger partial charge in [0, 0.05) is 25.9 Å². The number of fused-ring (bicyclic) bond motifs is 6. The van der Waals surface area contributed by atoms with Gasteiger partial charge < -0.3 is 20.8 Å². The Morgan fingerprint density at radius 1 is 0.612 bits per heavy atom. The Balaban J connectivity index is 0.933. The first-order valence-corrected chi connectivity index (χ1v) is 30.5. The van der Waals surface area contributed by atoms with Crippen molar-refractivity contribution in [3.8, 4) is 0 Å². The van der Waals surface area contributed by atoms with Crippen LogP contribution in [0, 0.1) is 99.1 Å². The van der Waals surface area contributed by atoms with E-state index in [1.807, 2.05) is 0 Å². The number of hydrogen-bond donors (Lipinski definition) is 6. The summed E-state index contributed by atoms with van der Waals surface area (Å²) in [6, 6.07) is 0. The fourth-order valence-electron chi connectivity index (χ4n) is 18.0. The molecule has 0 saturated heterocycles. The summed E-state index contributed by atoms with van der Waals surface area (Å²) in [4.78, 5) is 25.0. The lowest BCUT2D eigenvalue weighted by molar-refractivity contribution is -0.176. The second-order valence-electron chi connectivity index (χ2n) is 25.1. The van der Waals surface area contributed by atoms with Crippen molar-refractivity contribution in [1.29, 1.82) is 0 Å². The minimum absolute atomic E-state index is 0.0751. The van der Waals surface area contributed by atoms with Crippen molar-refractivity contribution >= 4 is 32.1 Å². The Morgan fingerprint density at radius 3 is 1.72 bits per heavy atom. The van der Waals surface area contributed by atoms with Gasteiger partial charge in [-0.3, -0.25) is 18.7 Å². The van der Waals surface area contributed by atoms with Gasteiger partial charge in [-0.15, -0.1) is 0 Å². The van der Waals surface area contributed by atoms with Crippen molar-refractivity contribution in [2.45, 2.75) is 195 Å². The van der Waals surface area contributed by atoms with E-state index in [9.17, 15) is 36.6 Å². The third kappa shape index (κ3) is 11.8. The van der Waals surface area contributed by atoms with E-state index in [1.54, 1.807) is 0 Å². The van der Waals surface area contributed by atoms with Crippen LogP contribution in [-0.4, -0.2) is 84.8 Å². The van der Waals surface area contributed by atoms with Crippen molar-refractivity contribution in [3.05, 3.63) is 0 Å². The van der Waals surface area contributed by atoms with Gasteiger partial charge in [0.2, 0.25) is 11.8 Å². The molecule has 7 aliphatic carbocycles. The monoisotopic (exact) mass is 981 g/mol. The quantitative estimate of drug-likeness (QED) is 0.0677. The molecule has 7 rings (SSSR count). The van der Waals surface area contributed by atoms with Crippen LogP contribution >= 0.6 is 0 Å². The minimum Gasteiger partial charge on any atom is -0.393 e. The Labute approximate surface area is 405 Å². The van der Waals surface area contributed by atoms with Crippen LogP contribution in [-0.2, 0) is 29.8 Å². The highest BCUT2D eigenvalue weighted by Crippen LogP contribution is 2.70. The molecule has 6 N–H and O–H groups in total. The summed E-state index contributed by atoms with van der Waals surface area (Å²) in [5.41, 5.74) is 0.635. The van der Waals surface area contributed by atoms with Crippen molar-refractivity contribution in [2.24, 2.45) is 99.1 Å². The van der Waals surface area contributed by atoms with Crippen molar-refractivity contribution in [1.82, 2.24) is 10.6 Å². The number of aliphatic hydroxyl groups excluding tert-OH is 2. The fourth-order valence-corrected chi connectivity index (χ4v) is 18.7. The van der Waals surface area contributed by atoms with Crippen LogP contribution in [0.15, 0.2) is 0 Å². The molecule has 2 amide bonds. The molecule has 0 aliphatic heterocycles. The lowest BCUT2D eigenvalue weighted by Gasteiger charge is -2.63. The normalized spacial score (nSPS) is 43.0. The summed E-state index contributed by atoms with van der Waals surface area (Å²) < 4.78 is 62.3. The molecule has 0 aromatic heterocycles. The van der Waals surface area contributed by atoms with E-state index < -0.39 is 31.7 Å². The average Bonchev–Trinajstić information content (AvgIpc) is 3.88. The highest BCUT2D eigenvalue weighted by Gasteiger charge is 2.64. The van der Waals surface area contributed by atoms with E-state index in [-0.39, 0.29) is 53.4 Å². The second kappa shape index (κ2) is 21.4. The molecule has 0 spiro atoms. The van der Waals surface area contributed by atoms with Crippen LogP contribution in [0.5, 0.6) is 0 Å². The van der Waals surface area contributed by atoms with Gasteiger partial charge in [0.1, 0.15) is 0 Å². The summed E-state index contributed by atoms with van der Waals surface area (Å²) in [5, 5.41) is 29.8. The first-order chi connectivity index (χ1) is 31.5. The predicted octanol–water partition coefficient (Wildman–Crippen LogP) is 9.10. The maximum atomic E-state index is 12.6. The van der Waals surface area contributed by atoms with E-state index in [2.05, 4.69) is 52.2 Å². The van der Waals surface area contributed by atoms with Crippen molar-refractivity contribution in [2.75, 3.05) is 24.6 Å². The smallest absolute Gasteiger partial charge is 0.266 e. The number of unbranched alkanes of at least 4 members (excludes halogenated alkanes) is 1.